The molecule has 0 unspecified atom stereocenters. The fraction of sp³-hybridized carbons (Fsp3) is 0.286. The number of ether oxygens (including phenoxy) is 1. The molecule has 1 aliphatic rings. The van der Waals surface area contributed by atoms with Crippen LogP contribution in [0.2, 0.25) is 0 Å². The highest BCUT2D eigenvalue weighted by molar-refractivity contribution is 5.56. The lowest BCUT2D eigenvalue weighted by molar-refractivity contribution is -0.915. The summed E-state index contributed by atoms with van der Waals surface area (Å²) in [6.45, 7) is 3.89. The minimum Gasteiger partial charge on any atom is -0.497 e. The van der Waals surface area contributed by atoms with Gasteiger partial charge in [0.25, 0.3) is 0 Å². The molecular weight excluding hydrogens is 385 g/mol. The Hall–Kier alpha value is -3.46. The summed E-state index contributed by atoms with van der Waals surface area (Å²) in [5.41, 5.74) is 7.36. The zero-order chi connectivity index (χ0) is 20.9. The Balaban J connectivity index is 1.40. The number of piperazine rings is 1. The summed E-state index contributed by atoms with van der Waals surface area (Å²) in [6.07, 6.45) is 0. The molecule has 0 aliphatic carbocycles. The maximum atomic E-state index is 14.0. The molecule has 3 aromatic rings. The molecule has 0 saturated carbocycles. The van der Waals surface area contributed by atoms with E-state index in [1.54, 1.807) is 13.2 Å². The zero-order valence-electron chi connectivity index (χ0n) is 16.8. The van der Waals surface area contributed by atoms with Crippen LogP contribution >= 0.6 is 0 Å². The quantitative estimate of drug-likeness (QED) is 0.563. The summed E-state index contributed by atoms with van der Waals surface area (Å²) < 4.78 is 19.3. The summed E-state index contributed by atoms with van der Waals surface area (Å²) in [4.78, 5) is 16.4. The van der Waals surface area contributed by atoms with Gasteiger partial charge in [-0.1, -0.05) is 18.2 Å². The van der Waals surface area contributed by atoms with Crippen molar-refractivity contribution in [2.24, 2.45) is 0 Å². The molecule has 1 aliphatic heterocycles. The third kappa shape index (κ3) is 4.74. The molecule has 0 atom stereocenters. The second-order valence-electron chi connectivity index (χ2n) is 7.16. The number of quaternary nitrogens is 1. The number of benzene rings is 2. The summed E-state index contributed by atoms with van der Waals surface area (Å²) in [5, 5.41) is 3.15. The van der Waals surface area contributed by atoms with E-state index in [1.165, 1.54) is 11.0 Å². The van der Waals surface area contributed by atoms with E-state index in [4.69, 9.17) is 10.5 Å². The number of anilines is 4. The van der Waals surface area contributed by atoms with Crippen molar-refractivity contribution in [2.75, 3.05) is 49.2 Å². The van der Waals surface area contributed by atoms with E-state index in [-0.39, 0.29) is 11.8 Å². The maximum Gasteiger partial charge on any atom is 0.232 e. The van der Waals surface area contributed by atoms with E-state index < -0.39 is 0 Å². The molecule has 0 bridgehead atoms. The van der Waals surface area contributed by atoms with Gasteiger partial charge in [0.15, 0.2) is 5.82 Å². The van der Waals surface area contributed by atoms with Gasteiger partial charge >= 0.3 is 0 Å². The molecule has 1 fully saturated rings. The molecular formula is C21H25FN7O+. The second-order valence-corrected chi connectivity index (χ2v) is 7.16. The number of aromatic nitrogens is 3. The molecule has 1 aromatic heterocycles. The van der Waals surface area contributed by atoms with E-state index >= 15 is 0 Å². The van der Waals surface area contributed by atoms with Crippen molar-refractivity contribution in [1.29, 1.82) is 0 Å². The number of para-hydroxylation sites is 1. The monoisotopic (exact) mass is 410 g/mol. The molecule has 9 heteroatoms. The first-order valence-electron chi connectivity index (χ1n) is 9.85. The molecule has 0 radical (unpaired) electrons. The summed E-state index contributed by atoms with van der Waals surface area (Å²) in [5.74, 6) is 1.76. The van der Waals surface area contributed by atoms with Crippen molar-refractivity contribution < 1.29 is 14.0 Å². The topological polar surface area (TPSA) is 93.6 Å². The van der Waals surface area contributed by atoms with Crippen molar-refractivity contribution >= 4 is 23.3 Å². The van der Waals surface area contributed by atoms with E-state index in [0.29, 0.717) is 24.0 Å². The molecule has 0 spiro atoms. The molecule has 8 nitrogen and oxygen atoms in total. The predicted octanol–water partition coefficient (Wildman–Crippen LogP) is 1.25. The number of nitrogens with one attached hydrogen (secondary N) is 2. The SMILES string of the molecule is COc1cccc(Nc2nc(N)nc(C[NH+]3CCN(c4ccccc4F)CC3)n2)c1. The first kappa shape index (κ1) is 19.8. The van der Waals surface area contributed by atoms with Crippen LogP contribution in [0.15, 0.2) is 48.5 Å². The van der Waals surface area contributed by atoms with Gasteiger partial charge in [-0.25, -0.2) is 4.39 Å². The lowest BCUT2D eigenvalue weighted by Gasteiger charge is -2.33. The van der Waals surface area contributed by atoms with Crippen LogP contribution in [0.5, 0.6) is 5.75 Å². The van der Waals surface area contributed by atoms with Crippen molar-refractivity contribution in [2.45, 2.75) is 6.54 Å². The van der Waals surface area contributed by atoms with E-state index in [9.17, 15) is 4.39 Å². The first-order valence-corrected chi connectivity index (χ1v) is 9.85. The normalized spacial score (nSPS) is 14.5. The van der Waals surface area contributed by atoms with Crippen LogP contribution in [0, 0.1) is 5.82 Å². The van der Waals surface area contributed by atoms with Gasteiger partial charge in [0.05, 0.1) is 39.0 Å². The lowest BCUT2D eigenvalue weighted by Crippen LogP contribution is -3.13. The number of halogens is 1. The van der Waals surface area contributed by atoms with Crippen LogP contribution in [0.1, 0.15) is 5.82 Å². The molecule has 4 N–H and O–H groups in total. The third-order valence-corrected chi connectivity index (χ3v) is 5.10. The molecule has 2 heterocycles. The van der Waals surface area contributed by atoms with Crippen molar-refractivity contribution in [1.82, 2.24) is 15.0 Å². The number of nitrogen functional groups attached to an aromatic ring is 1. The molecule has 0 amide bonds. The summed E-state index contributed by atoms with van der Waals surface area (Å²) >= 11 is 0. The highest BCUT2D eigenvalue weighted by atomic mass is 19.1. The standard InChI is InChI=1S/C21H24FN7O/c1-30-16-6-4-5-15(13-16)24-21-26-19(25-20(23)27-21)14-28-9-11-29(12-10-28)18-8-3-2-7-17(18)22/h2-8,13H,9-12,14H2,1H3,(H3,23,24,25,26,27)/p+1. The van der Waals surface area contributed by atoms with Crippen LogP contribution in [0.25, 0.3) is 0 Å². The zero-order valence-corrected chi connectivity index (χ0v) is 16.8. The van der Waals surface area contributed by atoms with Gasteiger partial charge in [0.1, 0.15) is 18.1 Å². The average Bonchev–Trinajstić information content (AvgIpc) is 2.74. The first-order chi connectivity index (χ1) is 14.6. The predicted molar refractivity (Wildman–Crippen MR) is 114 cm³/mol. The molecule has 30 heavy (non-hydrogen) atoms. The fourth-order valence-electron chi connectivity index (χ4n) is 3.58. The van der Waals surface area contributed by atoms with E-state index in [2.05, 4.69) is 25.2 Å². The van der Waals surface area contributed by atoms with Crippen molar-refractivity contribution in [3.63, 3.8) is 0 Å². The van der Waals surface area contributed by atoms with Gasteiger partial charge in [0, 0.05) is 11.8 Å². The van der Waals surface area contributed by atoms with Crippen LogP contribution in [-0.2, 0) is 6.54 Å². The Morgan fingerprint density at radius 1 is 1.10 bits per heavy atom. The fourth-order valence-corrected chi connectivity index (χ4v) is 3.58. The number of nitrogens with two attached hydrogens (primary N) is 1. The second kappa shape index (κ2) is 8.91. The highest BCUT2D eigenvalue weighted by Gasteiger charge is 2.23. The largest absolute Gasteiger partial charge is 0.497 e. The Morgan fingerprint density at radius 3 is 2.67 bits per heavy atom. The minimum atomic E-state index is -0.181. The van der Waals surface area contributed by atoms with Crippen LogP contribution < -0.4 is 25.6 Å². The van der Waals surface area contributed by atoms with Gasteiger partial charge < -0.3 is 25.6 Å². The van der Waals surface area contributed by atoms with Crippen LogP contribution in [0.4, 0.5) is 27.7 Å². The Kier molecular flexibility index (Phi) is 5.89. The number of methoxy groups -OCH3 is 1. The van der Waals surface area contributed by atoms with Gasteiger partial charge in [0.2, 0.25) is 11.9 Å². The number of rotatable bonds is 6. The minimum absolute atomic E-state index is 0.176. The number of nitrogens with zero attached hydrogens (tertiary/aromatic N) is 4. The molecule has 1 saturated heterocycles. The smallest absolute Gasteiger partial charge is 0.232 e. The molecule has 2 aromatic carbocycles. The van der Waals surface area contributed by atoms with Gasteiger partial charge in [-0.2, -0.15) is 15.0 Å². The van der Waals surface area contributed by atoms with Crippen molar-refractivity contribution in [3.8, 4) is 5.75 Å². The third-order valence-electron chi connectivity index (χ3n) is 5.10. The van der Waals surface area contributed by atoms with Gasteiger partial charge in [-0.05, 0) is 24.3 Å². The van der Waals surface area contributed by atoms with E-state index in [0.717, 1.165) is 37.6 Å². The summed E-state index contributed by atoms with van der Waals surface area (Å²) in [6, 6.07) is 14.4. The lowest BCUT2D eigenvalue weighted by atomic mass is 10.2. The number of hydrogen-bond donors (Lipinski definition) is 3. The summed E-state index contributed by atoms with van der Waals surface area (Å²) in [7, 11) is 1.62. The van der Waals surface area contributed by atoms with Gasteiger partial charge in [-0.3, -0.25) is 0 Å². The Morgan fingerprint density at radius 2 is 1.90 bits per heavy atom. The molecule has 156 valence electrons. The maximum absolute atomic E-state index is 14.0. The van der Waals surface area contributed by atoms with Crippen molar-refractivity contribution in [3.05, 3.63) is 60.2 Å². The Labute approximate surface area is 174 Å². The van der Waals surface area contributed by atoms with Crippen LogP contribution in [-0.4, -0.2) is 48.2 Å². The highest BCUT2D eigenvalue weighted by Crippen LogP contribution is 2.20. The van der Waals surface area contributed by atoms with E-state index in [1.807, 2.05) is 36.4 Å². The van der Waals surface area contributed by atoms with Crippen LogP contribution in [0.3, 0.4) is 0 Å². The average molecular weight is 410 g/mol. The molecule has 4 rings (SSSR count). The van der Waals surface area contributed by atoms with Gasteiger partial charge in [-0.15, -0.1) is 0 Å². The number of hydrogen-bond acceptors (Lipinski definition) is 7. The Bertz CT molecular complexity index is 1010.